The van der Waals surface area contributed by atoms with E-state index in [0.29, 0.717) is 23.0 Å². The first kappa shape index (κ1) is 27.6. The molecule has 0 amide bonds. The number of benzene rings is 7. The SMILES string of the molecule is N#Cc1ccc2c3c(cccc13)-c1c(-c3ccccc3)c(-c3nc(-c4ccccc4)nc(-c4ccccc4)n3)cc(-c3ccccc3)c1-2. The standard InChI is InChI=1S/C44H26N4/c45-27-32-24-25-35-39-33(32)22-13-23-34(39)41-38(29-16-7-2-8-17-29)37(26-36(40(35)41)28-14-5-1-6-15-28)44-47-42(30-18-9-3-10-19-30)46-43(48-44)31-20-11-4-12-21-31/h1-26H. The molecule has 0 radical (unpaired) electrons. The molecule has 1 aliphatic rings. The molecule has 48 heavy (non-hydrogen) atoms. The predicted molar refractivity (Wildman–Crippen MR) is 194 cm³/mol. The summed E-state index contributed by atoms with van der Waals surface area (Å²) in [6.45, 7) is 0. The van der Waals surface area contributed by atoms with Crippen molar-refractivity contribution in [3.8, 4) is 84.7 Å². The highest BCUT2D eigenvalue weighted by Crippen LogP contribution is 2.57. The molecule has 0 saturated carbocycles. The van der Waals surface area contributed by atoms with Crippen LogP contribution in [0, 0.1) is 11.3 Å². The summed E-state index contributed by atoms with van der Waals surface area (Å²) >= 11 is 0. The van der Waals surface area contributed by atoms with Gasteiger partial charge in [0.15, 0.2) is 17.5 Å². The van der Waals surface area contributed by atoms with Crippen LogP contribution in [0.15, 0.2) is 158 Å². The molecule has 7 aromatic carbocycles. The molecule has 222 valence electrons. The molecule has 0 aliphatic heterocycles. The third-order valence-corrected chi connectivity index (χ3v) is 9.11. The Balaban J connectivity index is 1.45. The van der Waals surface area contributed by atoms with Crippen LogP contribution in [0.2, 0.25) is 0 Å². The molecule has 1 aromatic heterocycles. The van der Waals surface area contributed by atoms with Crippen molar-refractivity contribution < 1.29 is 0 Å². The Kier molecular flexibility index (Phi) is 6.48. The van der Waals surface area contributed by atoms with Gasteiger partial charge < -0.3 is 0 Å². The van der Waals surface area contributed by atoms with Gasteiger partial charge in [-0.1, -0.05) is 146 Å². The predicted octanol–water partition coefficient (Wildman–Crippen LogP) is 10.9. The van der Waals surface area contributed by atoms with Crippen molar-refractivity contribution in [2.75, 3.05) is 0 Å². The number of fused-ring (bicyclic) bond motifs is 3. The maximum atomic E-state index is 10.1. The monoisotopic (exact) mass is 610 g/mol. The number of rotatable bonds is 5. The van der Waals surface area contributed by atoms with Gasteiger partial charge in [0.2, 0.25) is 0 Å². The summed E-state index contributed by atoms with van der Waals surface area (Å²) in [7, 11) is 0. The van der Waals surface area contributed by atoms with Gasteiger partial charge in [0.1, 0.15) is 0 Å². The highest BCUT2D eigenvalue weighted by atomic mass is 15.0. The zero-order chi connectivity index (χ0) is 32.0. The second-order valence-electron chi connectivity index (χ2n) is 11.9. The minimum atomic E-state index is 0.599. The smallest absolute Gasteiger partial charge is 0.164 e. The maximum Gasteiger partial charge on any atom is 0.164 e. The lowest BCUT2D eigenvalue weighted by atomic mass is 9.84. The zero-order valence-corrected chi connectivity index (χ0v) is 25.8. The molecule has 0 fully saturated rings. The Bertz CT molecular complexity index is 2480. The van der Waals surface area contributed by atoms with Gasteiger partial charge >= 0.3 is 0 Å². The summed E-state index contributed by atoms with van der Waals surface area (Å²) in [6.07, 6.45) is 0. The van der Waals surface area contributed by atoms with Crippen LogP contribution in [0.4, 0.5) is 0 Å². The van der Waals surface area contributed by atoms with E-state index in [9.17, 15) is 5.26 Å². The van der Waals surface area contributed by atoms with Crippen LogP contribution in [0.3, 0.4) is 0 Å². The molecule has 0 unspecified atom stereocenters. The van der Waals surface area contributed by atoms with Crippen molar-refractivity contribution in [1.82, 2.24) is 15.0 Å². The average molecular weight is 611 g/mol. The van der Waals surface area contributed by atoms with Gasteiger partial charge in [-0.3, -0.25) is 0 Å². The molecule has 0 saturated heterocycles. The van der Waals surface area contributed by atoms with Gasteiger partial charge in [0.05, 0.1) is 11.6 Å². The molecular weight excluding hydrogens is 585 g/mol. The second-order valence-corrected chi connectivity index (χ2v) is 11.9. The molecule has 0 atom stereocenters. The summed E-state index contributed by atoms with van der Waals surface area (Å²) in [6, 6.07) is 56.2. The van der Waals surface area contributed by atoms with E-state index in [1.165, 1.54) is 0 Å². The molecule has 1 heterocycles. The Morgan fingerprint density at radius 2 is 0.896 bits per heavy atom. The topological polar surface area (TPSA) is 62.5 Å². The fraction of sp³-hybridized carbons (Fsp3) is 0. The first-order valence-electron chi connectivity index (χ1n) is 15.9. The summed E-state index contributed by atoms with van der Waals surface area (Å²) in [5, 5.41) is 12.1. The van der Waals surface area contributed by atoms with Gasteiger partial charge in [-0.15, -0.1) is 0 Å². The van der Waals surface area contributed by atoms with Gasteiger partial charge in [0, 0.05) is 27.6 Å². The first-order valence-corrected chi connectivity index (χ1v) is 15.9. The van der Waals surface area contributed by atoms with Crippen molar-refractivity contribution in [2.45, 2.75) is 0 Å². The Morgan fingerprint density at radius 3 is 1.48 bits per heavy atom. The first-order chi connectivity index (χ1) is 23.8. The van der Waals surface area contributed by atoms with Crippen LogP contribution in [0.5, 0.6) is 0 Å². The highest BCUT2D eigenvalue weighted by molar-refractivity contribution is 6.23. The summed E-state index contributed by atoms with van der Waals surface area (Å²) in [5.41, 5.74) is 12.2. The van der Waals surface area contributed by atoms with Crippen molar-refractivity contribution in [3.05, 3.63) is 163 Å². The zero-order valence-electron chi connectivity index (χ0n) is 25.8. The van der Waals surface area contributed by atoms with E-state index in [4.69, 9.17) is 15.0 Å². The molecule has 0 spiro atoms. The number of nitrogens with zero attached hydrogens (tertiary/aromatic N) is 4. The fourth-order valence-electron chi connectivity index (χ4n) is 7.01. The summed E-state index contributed by atoms with van der Waals surface area (Å²) in [4.78, 5) is 15.4. The number of hydrogen-bond acceptors (Lipinski definition) is 4. The Morgan fingerprint density at radius 1 is 0.375 bits per heavy atom. The largest absolute Gasteiger partial charge is 0.208 e. The van der Waals surface area contributed by atoms with E-state index in [0.717, 1.165) is 72.0 Å². The summed E-state index contributed by atoms with van der Waals surface area (Å²) < 4.78 is 0. The fourth-order valence-corrected chi connectivity index (χ4v) is 7.01. The van der Waals surface area contributed by atoms with E-state index in [-0.39, 0.29) is 0 Å². The average Bonchev–Trinajstić information content (AvgIpc) is 3.51. The van der Waals surface area contributed by atoms with Crippen molar-refractivity contribution in [3.63, 3.8) is 0 Å². The van der Waals surface area contributed by atoms with Crippen molar-refractivity contribution in [1.29, 1.82) is 5.26 Å². The van der Waals surface area contributed by atoms with Gasteiger partial charge in [-0.2, -0.15) is 5.26 Å². The van der Waals surface area contributed by atoms with E-state index in [1.54, 1.807) is 0 Å². The molecule has 4 nitrogen and oxygen atoms in total. The second kappa shape index (κ2) is 11.3. The third-order valence-electron chi connectivity index (χ3n) is 9.11. The molecular formula is C44H26N4. The lowest BCUT2D eigenvalue weighted by Crippen LogP contribution is -2.02. The molecule has 1 aliphatic carbocycles. The number of nitriles is 1. The Labute approximate surface area is 278 Å². The molecule has 9 rings (SSSR count). The van der Waals surface area contributed by atoms with Gasteiger partial charge in [0.25, 0.3) is 0 Å². The lowest BCUT2D eigenvalue weighted by Gasteiger charge is -2.20. The van der Waals surface area contributed by atoms with E-state index < -0.39 is 0 Å². The Hall–Kier alpha value is -6.70. The number of hydrogen-bond donors (Lipinski definition) is 0. The minimum absolute atomic E-state index is 0.599. The molecule has 0 N–H and O–H groups in total. The van der Waals surface area contributed by atoms with Crippen LogP contribution in [0.25, 0.3) is 89.4 Å². The highest BCUT2D eigenvalue weighted by Gasteiger charge is 2.31. The van der Waals surface area contributed by atoms with E-state index in [1.807, 2.05) is 78.9 Å². The van der Waals surface area contributed by atoms with Crippen LogP contribution >= 0.6 is 0 Å². The van der Waals surface area contributed by atoms with Crippen LogP contribution in [-0.2, 0) is 0 Å². The number of aromatic nitrogens is 3. The van der Waals surface area contributed by atoms with Crippen molar-refractivity contribution >= 4 is 10.8 Å². The third kappa shape index (κ3) is 4.41. The minimum Gasteiger partial charge on any atom is -0.208 e. The van der Waals surface area contributed by atoms with E-state index in [2.05, 4.69) is 84.9 Å². The maximum absolute atomic E-state index is 10.1. The normalized spacial score (nSPS) is 11.3. The van der Waals surface area contributed by atoms with Crippen LogP contribution < -0.4 is 0 Å². The quantitative estimate of drug-likeness (QED) is 0.194. The van der Waals surface area contributed by atoms with Crippen LogP contribution in [-0.4, -0.2) is 15.0 Å². The van der Waals surface area contributed by atoms with Crippen molar-refractivity contribution in [2.24, 2.45) is 0 Å². The molecule has 4 heteroatoms. The van der Waals surface area contributed by atoms with Gasteiger partial charge in [-0.05, 0) is 56.5 Å². The molecule has 8 aromatic rings. The van der Waals surface area contributed by atoms with Crippen LogP contribution in [0.1, 0.15) is 5.56 Å². The summed E-state index contributed by atoms with van der Waals surface area (Å²) in [5.74, 6) is 1.83. The van der Waals surface area contributed by atoms with Gasteiger partial charge in [-0.25, -0.2) is 15.0 Å². The lowest BCUT2D eigenvalue weighted by molar-refractivity contribution is 1.07. The molecule has 0 bridgehead atoms. The van der Waals surface area contributed by atoms with E-state index >= 15 is 0 Å².